The normalized spacial score (nSPS) is 20.7. The summed E-state index contributed by atoms with van der Waals surface area (Å²) in [4.78, 5) is 13.8. The Hall–Kier alpha value is -3.08. The molecule has 5 rings (SSSR count). The van der Waals surface area contributed by atoms with Gasteiger partial charge in [0.05, 0.1) is 24.4 Å². The molecule has 1 heterocycles. The lowest BCUT2D eigenvalue weighted by molar-refractivity contribution is 0.0677. The third kappa shape index (κ3) is 4.36. The molecule has 0 radical (unpaired) electrons. The zero-order valence-electron chi connectivity index (χ0n) is 18.7. The Labute approximate surface area is 209 Å². The summed E-state index contributed by atoms with van der Waals surface area (Å²) in [6.07, 6.45) is 5.07. The van der Waals surface area contributed by atoms with E-state index in [0.29, 0.717) is 21.4 Å². The van der Waals surface area contributed by atoms with Gasteiger partial charge in [-0.25, -0.2) is 5.01 Å². The number of amides is 1. The van der Waals surface area contributed by atoms with E-state index in [1.165, 1.54) is 0 Å². The zero-order valence-corrected chi connectivity index (χ0v) is 20.3. The van der Waals surface area contributed by atoms with Gasteiger partial charge in [0.1, 0.15) is 5.75 Å². The average molecular weight is 491 g/mol. The minimum Gasteiger partial charge on any atom is -0.496 e. The van der Waals surface area contributed by atoms with E-state index in [2.05, 4.69) is 6.08 Å². The van der Waals surface area contributed by atoms with Gasteiger partial charge < -0.3 is 4.74 Å². The number of ether oxygens (including phenoxy) is 1. The number of hydrazone groups is 1. The second-order valence-electron chi connectivity index (χ2n) is 8.55. The van der Waals surface area contributed by atoms with Crippen molar-refractivity contribution in [3.05, 3.63) is 105 Å². The number of hydrogen-bond acceptors (Lipinski definition) is 3. The largest absolute Gasteiger partial charge is 0.496 e. The molecule has 0 bridgehead atoms. The van der Waals surface area contributed by atoms with E-state index < -0.39 is 0 Å². The summed E-state index contributed by atoms with van der Waals surface area (Å²) in [6, 6.07) is 22.6. The molecule has 4 nitrogen and oxygen atoms in total. The lowest BCUT2D eigenvalue weighted by Gasteiger charge is -2.30. The molecule has 1 aliphatic heterocycles. The number of hydrogen-bond donors (Lipinski definition) is 0. The molecule has 1 saturated carbocycles. The maximum atomic E-state index is 13.8. The van der Waals surface area contributed by atoms with Gasteiger partial charge in [-0.1, -0.05) is 59.6 Å². The number of methoxy groups -OCH3 is 1. The average Bonchev–Trinajstić information content (AvgIpc) is 3.26. The van der Waals surface area contributed by atoms with E-state index in [1.54, 1.807) is 24.3 Å². The summed E-state index contributed by atoms with van der Waals surface area (Å²) in [7, 11) is 1.57. The number of fused-ring (bicyclic) bond motifs is 1. The van der Waals surface area contributed by atoms with Crippen molar-refractivity contribution in [3.8, 4) is 5.75 Å². The number of halogens is 2. The van der Waals surface area contributed by atoms with Crippen molar-refractivity contribution in [2.24, 2.45) is 11.0 Å². The monoisotopic (exact) mass is 490 g/mol. The standard InChI is InChI=1S/C28H24Cl2N2O2/c1-34-25-8-3-2-6-23(25)28(33)32-27(19-11-15-22(30)16-12-19)24-7-4-5-20(26(24)31-32)17-18-9-13-21(29)14-10-18/h2-3,6,8-17,24,27H,4-5,7H2,1H3/b20-17+/t24-,27-/m0/s1. The molecule has 1 fully saturated rings. The highest BCUT2D eigenvalue weighted by atomic mass is 35.5. The van der Waals surface area contributed by atoms with Gasteiger partial charge >= 0.3 is 0 Å². The highest BCUT2D eigenvalue weighted by Crippen LogP contribution is 2.45. The number of carbonyl (C=O) groups is 1. The van der Waals surface area contributed by atoms with Gasteiger partial charge in [-0.05, 0) is 78.4 Å². The lowest BCUT2D eigenvalue weighted by atomic mass is 9.77. The molecule has 1 amide bonds. The number of carbonyl (C=O) groups excluding carboxylic acids is 1. The van der Waals surface area contributed by atoms with E-state index in [4.69, 9.17) is 33.0 Å². The Bertz CT molecular complexity index is 1270. The van der Waals surface area contributed by atoms with Crippen LogP contribution in [0.5, 0.6) is 5.75 Å². The van der Waals surface area contributed by atoms with Gasteiger partial charge in [0.15, 0.2) is 0 Å². The maximum Gasteiger partial charge on any atom is 0.278 e. The van der Waals surface area contributed by atoms with Gasteiger partial charge in [0, 0.05) is 16.0 Å². The van der Waals surface area contributed by atoms with Crippen LogP contribution in [0.4, 0.5) is 0 Å². The number of nitrogens with zero attached hydrogens (tertiary/aromatic N) is 2. The molecule has 2 atom stereocenters. The molecule has 2 aliphatic rings. The summed E-state index contributed by atoms with van der Waals surface area (Å²) < 4.78 is 5.48. The Balaban J connectivity index is 1.59. The summed E-state index contributed by atoms with van der Waals surface area (Å²) >= 11 is 12.2. The molecule has 0 aromatic heterocycles. The van der Waals surface area contributed by atoms with Crippen LogP contribution < -0.4 is 4.74 Å². The first kappa shape index (κ1) is 22.7. The minimum atomic E-state index is -0.210. The second kappa shape index (κ2) is 9.65. The Morgan fingerprint density at radius 3 is 2.38 bits per heavy atom. The van der Waals surface area contributed by atoms with Crippen molar-refractivity contribution in [1.29, 1.82) is 0 Å². The van der Waals surface area contributed by atoms with Crippen molar-refractivity contribution >= 4 is 40.9 Å². The van der Waals surface area contributed by atoms with Crippen molar-refractivity contribution in [1.82, 2.24) is 5.01 Å². The topological polar surface area (TPSA) is 41.9 Å². The fourth-order valence-corrected chi connectivity index (χ4v) is 5.12. The van der Waals surface area contributed by atoms with Crippen LogP contribution in [0.1, 0.15) is 46.8 Å². The Morgan fingerprint density at radius 2 is 1.68 bits per heavy atom. The van der Waals surface area contributed by atoms with E-state index >= 15 is 0 Å². The molecule has 1 aliphatic carbocycles. The predicted molar refractivity (Wildman–Crippen MR) is 138 cm³/mol. The van der Waals surface area contributed by atoms with Crippen molar-refractivity contribution < 1.29 is 9.53 Å². The third-order valence-electron chi connectivity index (χ3n) is 6.47. The molecule has 172 valence electrons. The van der Waals surface area contributed by atoms with Gasteiger partial charge in [-0.2, -0.15) is 5.10 Å². The number of rotatable bonds is 4. The van der Waals surface area contributed by atoms with Crippen molar-refractivity contribution in [2.75, 3.05) is 7.11 Å². The third-order valence-corrected chi connectivity index (χ3v) is 6.97. The molecule has 0 N–H and O–H groups in total. The molecule has 34 heavy (non-hydrogen) atoms. The van der Waals surface area contributed by atoms with Crippen molar-refractivity contribution in [2.45, 2.75) is 25.3 Å². The quantitative estimate of drug-likeness (QED) is 0.381. The van der Waals surface area contributed by atoms with E-state index in [0.717, 1.165) is 41.7 Å². The van der Waals surface area contributed by atoms with Gasteiger partial charge in [0.25, 0.3) is 5.91 Å². The minimum absolute atomic E-state index is 0.104. The summed E-state index contributed by atoms with van der Waals surface area (Å²) in [6.45, 7) is 0. The van der Waals surface area contributed by atoms with Crippen LogP contribution in [-0.4, -0.2) is 23.7 Å². The number of para-hydroxylation sites is 1. The first-order chi connectivity index (χ1) is 16.5. The molecule has 3 aromatic rings. The fourth-order valence-electron chi connectivity index (χ4n) is 4.87. The molecular formula is C28H24Cl2N2O2. The number of benzene rings is 3. The second-order valence-corrected chi connectivity index (χ2v) is 9.42. The molecule has 3 aromatic carbocycles. The Morgan fingerprint density at radius 1 is 1.00 bits per heavy atom. The van der Waals surface area contributed by atoms with Crippen LogP contribution in [0, 0.1) is 5.92 Å². The Kier molecular flexibility index (Phi) is 6.44. The molecular weight excluding hydrogens is 467 g/mol. The predicted octanol–water partition coefficient (Wildman–Crippen LogP) is 7.44. The molecule has 0 saturated heterocycles. The van der Waals surface area contributed by atoms with Crippen LogP contribution in [0.15, 0.2) is 83.5 Å². The molecule has 0 unspecified atom stereocenters. The molecule has 0 spiro atoms. The lowest BCUT2D eigenvalue weighted by Crippen LogP contribution is -2.32. The van der Waals surface area contributed by atoms with Crippen LogP contribution in [-0.2, 0) is 0 Å². The van der Waals surface area contributed by atoms with Crippen LogP contribution >= 0.6 is 23.2 Å². The SMILES string of the molecule is COc1ccccc1C(=O)N1N=C2/C(=C/c3ccc(Cl)cc3)CCC[C@@H]2[C@@H]1c1ccc(Cl)cc1. The maximum absolute atomic E-state index is 13.8. The molecule has 6 heteroatoms. The van der Waals surface area contributed by atoms with Gasteiger partial charge in [-0.15, -0.1) is 0 Å². The highest BCUT2D eigenvalue weighted by molar-refractivity contribution is 6.30. The summed E-state index contributed by atoms with van der Waals surface area (Å²) in [5, 5.41) is 7.97. The van der Waals surface area contributed by atoms with Crippen molar-refractivity contribution in [3.63, 3.8) is 0 Å². The highest BCUT2D eigenvalue weighted by Gasteiger charge is 2.44. The van der Waals surface area contributed by atoms with E-state index in [9.17, 15) is 4.79 Å². The summed E-state index contributed by atoms with van der Waals surface area (Å²) in [5.41, 5.74) is 4.72. The van der Waals surface area contributed by atoms with Crippen LogP contribution in [0.2, 0.25) is 10.0 Å². The summed E-state index contributed by atoms with van der Waals surface area (Å²) in [5.74, 6) is 0.464. The van der Waals surface area contributed by atoms with Crippen LogP contribution in [0.25, 0.3) is 6.08 Å². The zero-order chi connectivity index (χ0) is 23.7. The first-order valence-corrected chi connectivity index (χ1v) is 12.1. The van der Waals surface area contributed by atoms with E-state index in [1.807, 2.05) is 60.7 Å². The van der Waals surface area contributed by atoms with Crippen LogP contribution in [0.3, 0.4) is 0 Å². The first-order valence-electron chi connectivity index (χ1n) is 11.3. The van der Waals surface area contributed by atoms with Gasteiger partial charge in [0.2, 0.25) is 0 Å². The fraction of sp³-hybridized carbons (Fsp3) is 0.214. The van der Waals surface area contributed by atoms with Gasteiger partial charge in [-0.3, -0.25) is 4.79 Å². The number of allylic oxidation sites excluding steroid dienone is 1. The van der Waals surface area contributed by atoms with E-state index in [-0.39, 0.29) is 17.9 Å². The smallest absolute Gasteiger partial charge is 0.278 e.